The smallest absolute Gasteiger partial charge is 0.240 e. The molecule has 1 aromatic carbocycles. The van der Waals surface area contributed by atoms with E-state index in [0.29, 0.717) is 5.75 Å². The van der Waals surface area contributed by atoms with Gasteiger partial charge in [-0.3, -0.25) is 5.73 Å². The quantitative estimate of drug-likeness (QED) is 0.798. The lowest BCUT2D eigenvalue weighted by atomic mass is 10.3. The van der Waals surface area contributed by atoms with Crippen molar-refractivity contribution < 1.29 is 13.2 Å². The molecule has 0 fully saturated rings. The van der Waals surface area contributed by atoms with Gasteiger partial charge in [-0.05, 0) is 25.2 Å². The number of ether oxygens (including phenoxy) is 1. The third kappa shape index (κ3) is 1.97. The largest absolute Gasteiger partial charge is 0.495 e. The number of hydrogen-bond acceptors (Lipinski definition) is 3. The molecule has 1 aromatic rings. The molecule has 77 valence electrons. The van der Waals surface area contributed by atoms with Crippen LogP contribution in [0.4, 0.5) is 5.69 Å². The molecule has 0 bridgehead atoms. The Hall–Kier alpha value is -1.27. The summed E-state index contributed by atoms with van der Waals surface area (Å²) in [6.45, 7) is 0. The van der Waals surface area contributed by atoms with Gasteiger partial charge in [0.15, 0.2) is 0 Å². The molecule has 0 heterocycles. The minimum Gasteiger partial charge on any atom is -0.495 e. The molecule has 14 heavy (non-hydrogen) atoms. The lowest BCUT2D eigenvalue weighted by molar-refractivity contribution is 0.415. The van der Waals surface area contributed by atoms with Crippen molar-refractivity contribution in [2.24, 2.45) is 0 Å². The standard InChI is InChI=1S/C8H11N2O3S/c1-10-14(11,12)6-3-4-8(13-2)7(9)5-6/h3-5,9-10H,1-2H3. The van der Waals surface area contributed by atoms with Crippen LogP contribution in [0.15, 0.2) is 23.1 Å². The second-order valence-electron chi connectivity index (χ2n) is 2.57. The number of benzene rings is 1. The zero-order valence-corrected chi connectivity index (χ0v) is 8.68. The Kier molecular flexibility index (Phi) is 2.97. The summed E-state index contributed by atoms with van der Waals surface area (Å²) < 4.78 is 29.6. The second kappa shape index (κ2) is 3.85. The maximum Gasteiger partial charge on any atom is 0.240 e. The van der Waals surface area contributed by atoms with Crippen LogP contribution in [0.5, 0.6) is 5.75 Å². The summed E-state index contributed by atoms with van der Waals surface area (Å²) in [6.07, 6.45) is 0. The average molecular weight is 215 g/mol. The third-order valence-corrected chi connectivity index (χ3v) is 3.16. The number of nitrogens with one attached hydrogen (secondary N) is 2. The average Bonchev–Trinajstić information content (AvgIpc) is 2.17. The second-order valence-corrected chi connectivity index (χ2v) is 4.46. The molecule has 5 nitrogen and oxygen atoms in total. The van der Waals surface area contributed by atoms with Crippen LogP contribution < -0.4 is 15.2 Å². The van der Waals surface area contributed by atoms with Gasteiger partial charge in [-0.25, -0.2) is 13.1 Å². The summed E-state index contributed by atoms with van der Waals surface area (Å²) in [5, 5.41) is 0. The molecule has 0 unspecified atom stereocenters. The van der Waals surface area contributed by atoms with E-state index in [9.17, 15) is 8.42 Å². The molecule has 0 saturated carbocycles. The van der Waals surface area contributed by atoms with Crippen LogP contribution in [0.2, 0.25) is 0 Å². The number of hydrogen-bond donors (Lipinski definition) is 1. The molecule has 0 aromatic heterocycles. The fourth-order valence-electron chi connectivity index (χ4n) is 0.972. The predicted octanol–water partition coefficient (Wildman–Crippen LogP) is 0.518. The van der Waals surface area contributed by atoms with E-state index in [2.05, 4.69) is 4.72 Å². The van der Waals surface area contributed by atoms with E-state index in [1.807, 2.05) is 0 Å². The van der Waals surface area contributed by atoms with Crippen LogP contribution in [0, 0.1) is 0 Å². The Morgan fingerprint density at radius 3 is 2.50 bits per heavy atom. The van der Waals surface area contributed by atoms with Crippen molar-refractivity contribution >= 4 is 15.7 Å². The third-order valence-electron chi connectivity index (χ3n) is 1.75. The first-order chi connectivity index (χ1) is 6.51. The minimum absolute atomic E-state index is 0.0452. The molecule has 2 N–H and O–H groups in total. The maximum absolute atomic E-state index is 11.3. The molecule has 0 amide bonds. The fraction of sp³-hybridized carbons (Fsp3) is 0.250. The molecule has 1 rings (SSSR count). The Labute approximate surface area is 82.9 Å². The highest BCUT2D eigenvalue weighted by Crippen LogP contribution is 2.25. The molecular weight excluding hydrogens is 204 g/mol. The molecule has 0 aliphatic rings. The van der Waals surface area contributed by atoms with Gasteiger partial charge in [0.1, 0.15) is 5.75 Å². The monoisotopic (exact) mass is 215 g/mol. The van der Waals surface area contributed by atoms with E-state index < -0.39 is 10.0 Å². The Balaban J connectivity index is 3.22. The Morgan fingerprint density at radius 1 is 1.43 bits per heavy atom. The van der Waals surface area contributed by atoms with Crippen LogP contribution in [-0.4, -0.2) is 22.6 Å². The summed E-state index contributed by atoms with van der Waals surface area (Å²) >= 11 is 0. The highest BCUT2D eigenvalue weighted by molar-refractivity contribution is 7.89. The normalized spacial score (nSPS) is 11.3. The molecule has 0 aliphatic heterocycles. The van der Waals surface area contributed by atoms with Gasteiger partial charge in [0, 0.05) is 0 Å². The predicted molar refractivity (Wildman–Crippen MR) is 52.0 cm³/mol. The van der Waals surface area contributed by atoms with Crippen LogP contribution in [0.1, 0.15) is 0 Å². The fourth-order valence-corrected chi connectivity index (χ4v) is 1.73. The maximum atomic E-state index is 11.3. The summed E-state index contributed by atoms with van der Waals surface area (Å²) in [5.41, 5.74) is 7.49. The topological polar surface area (TPSA) is 79.2 Å². The van der Waals surface area contributed by atoms with Crippen LogP contribution in [-0.2, 0) is 10.0 Å². The van der Waals surface area contributed by atoms with Gasteiger partial charge in [0.2, 0.25) is 10.0 Å². The highest BCUT2D eigenvalue weighted by atomic mass is 32.2. The first kappa shape index (κ1) is 10.8. The van der Waals surface area contributed by atoms with Crippen molar-refractivity contribution in [2.75, 3.05) is 14.2 Å². The summed E-state index contributed by atoms with van der Waals surface area (Å²) in [6, 6.07) is 4.08. The van der Waals surface area contributed by atoms with Gasteiger partial charge < -0.3 is 4.74 Å². The van der Waals surface area contributed by atoms with Gasteiger partial charge in [-0.1, -0.05) is 0 Å². The first-order valence-corrected chi connectivity index (χ1v) is 5.33. The number of rotatable bonds is 3. The van der Waals surface area contributed by atoms with Crippen molar-refractivity contribution in [1.82, 2.24) is 10.5 Å². The van der Waals surface area contributed by atoms with E-state index in [-0.39, 0.29) is 10.6 Å². The van der Waals surface area contributed by atoms with Crippen molar-refractivity contribution in [1.29, 1.82) is 0 Å². The van der Waals surface area contributed by atoms with E-state index in [1.165, 1.54) is 32.4 Å². The van der Waals surface area contributed by atoms with Gasteiger partial charge in [-0.15, -0.1) is 0 Å². The Bertz CT molecular complexity index is 428. The van der Waals surface area contributed by atoms with Gasteiger partial charge in [-0.2, -0.15) is 0 Å². The van der Waals surface area contributed by atoms with E-state index in [4.69, 9.17) is 10.5 Å². The van der Waals surface area contributed by atoms with E-state index >= 15 is 0 Å². The van der Waals surface area contributed by atoms with Crippen LogP contribution >= 0.6 is 0 Å². The highest BCUT2D eigenvalue weighted by Gasteiger charge is 2.12. The van der Waals surface area contributed by atoms with E-state index in [1.54, 1.807) is 0 Å². The first-order valence-electron chi connectivity index (χ1n) is 3.84. The lowest BCUT2D eigenvalue weighted by Gasteiger charge is -2.06. The van der Waals surface area contributed by atoms with Crippen molar-refractivity contribution in [3.63, 3.8) is 0 Å². The summed E-state index contributed by atoms with van der Waals surface area (Å²) in [7, 11) is -0.718. The van der Waals surface area contributed by atoms with Crippen molar-refractivity contribution in [3.8, 4) is 5.75 Å². The number of methoxy groups -OCH3 is 1. The summed E-state index contributed by atoms with van der Waals surface area (Å²) in [5.74, 6) is 0.347. The minimum atomic E-state index is -3.47. The molecule has 0 spiro atoms. The SMILES string of the molecule is CNS(=O)(=O)c1ccc(OC)c([NH])c1. The van der Waals surface area contributed by atoms with Gasteiger partial charge >= 0.3 is 0 Å². The molecule has 0 saturated heterocycles. The van der Waals surface area contributed by atoms with Crippen molar-refractivity contribution in [3.05, 3.63) is 18.2 Å². The van der Waals surface area contributed by atoms with E-state index in [0.717, 1.165) is 0 Å². The molecule has 0 atom stereocenters. The van der Waals surface area contributed by atoms with Crippen LogP contribution in [0.3, 0.4) is 0 Å². The van der Waals surface area contributed by atoms with Crippen LogP contribution in [0.25, 0.3) is 0 Å². The van der Waals surface area contributed by atoms with Gasteiger partial charge in [0.05, 0.1) is 17.7 Å². The van der Waals surface area contributed by atoms with Crippen molar-refractivity contribution in [2.45, 2.75) is 4.90 Å². The zero-order valence-electron chi connectivity index (χ0n) is 7.87. The lowest BCUT2D eigenvalue weighted by Crippen LogP contribution is -2.18. The molecule has 1 radical (unpaired) electrons. The summed E-state index contributed by atoms with van der Waals surface area (Å²) in [4.78, 5) is 0.0609. The molecular formula is C8H11N2O3S. The Morgan fingerprint density at radius 2 is 2.07 bits per heavy atom. The number of sulfonamides is 1. The van der Waals surface area contributed by atoms with Gasteiger partial charge in [0.25, 0.3) is 0 Å². The molecule has 6 heteroatoms. The zero-order chi connectivity index (χ0) is 10.8. The molecule has 0 aliphatic carbocycles.